The number of rotatable bonds is 8. The molecular weight excluding hydrogens is 334 g/mol. The fraction of sp³-hybridized carbons (Fsp3) is 0.458. The zero-order valence-electron chi connectivity index (χ0n) is 16.5. The van der Waals surface area contributed by atoms with Crippen molar-refractivity contribution in [1.82, 2.24) is 4.90 Å². The molecule has 3 nitrogen and oxygen atoms in total. The van der Waals surface area contributed by atoms with E-state index in [2.05, 4.69) is 49.1 Å². The lowest BCUT2D eigenvalue weighted by Crippen LogP contribution is -2.37. The molecule has 3 unspecified atom stereocenters. The Morgan fingerprint density at radius 3 is 2.30 bits per heavy atom. The summed E-state index contributed by atoms with van der Waals surface area (Å²) >= 11 is 0. The van der Waals surface area contributed by atoms with Crippen LogP contribution in [0.15, 0.2) is 54.6 Å². The average Bonchev–Trinajstić information content (AvgIpc) is 3.12. The van der Waals surface area contributed by atoms with E-state index in [4.69, 9.17) is 0 Å². The number of hydrogen-bond donors (Lipinski definition) is 1. The predicted octanol–water partition coefficient (Wildman–Crippen LogP) is 5.46. The maximum atomic E-state index is 12.3. The van der Waals surface area contributed by atoms with Crippen molar-refractivity contribution in [2.75, 3.05) is 6.54 Å². The Bertz CT molecular complexity index is 726. The first-order valence-corrected chi connectivity index (χ1v) is 10.2. The summed E-state index contributed by atoms with van der Waals surface area (Å²) in [6, 6.07) is 18.6. The molecule has 144 valence electrons. The first kappa shape index (κ1) is 19.5. The first-order chi connectivity index (χ1) is 13.1. The quantitative estimate of drug-likeness (QED) is 0.675. The van der Waals surface area contributed by atoms with Crippen LogP contribution >= 0.6 is 0 Å². The second-order valence-corrected chi connectivity index (χ2v) is 7.82. The van der Waals surface area contributed by atoms with Crippen LogP contribution in [0.3, 0.4) is 0 Å². The fourth-order valence-corrected chi connectivity index (χ4v) is 4.36. The van der Waals surface area contributed by atoms with E-state index in [-0.39, 0.29) is 0 Å². The molecular formula is C24H31NO2. The standard InChI is InChI=1S/C24H31NO2/c1-3-22(25-15-7-10-24(25)27)17-21(20-8-5-4-6-9-20)16-18(2)19-11-13-23(26)14-12-19/h4-6,8-9,11-14,18,21-22,26H,3,7,10,15-17H2,1-2H3. The molecule has 1 aliphatic rings. The molecule has 3 heteroatoms. The summed E-state index contributed by atoms with van der Waals surface area (Å²) in [6.45, 7) is 5.36. The van der Waals surface area contributed by atoms with Crippen LogP contribution in [0.1, 0.15) is 68.9 Å². The summed E-state index contributed by atoms with van der Waals surface area (Å²) in [4.78, 5) is 14.4. The lowest BCUT2D eigenvalue weighted by molar-refractivity contribution is -0.129. The molecule has 1 heterocycles. The Morgan fingerprint density at radius 2 is 1.70 bits per heavy atom. The molecule has 3 atom stereocenters. The van der Waals surface area contributed by atoms with E-state index in [0.29, 0.717) is 36.0 Å². The number of hydrogen-bond acceptors (Lipinski definition) is 2. The van der Waals surface area contributed by atoms with Crippen molar-refractivity contribution in [3.05, 3.63) is 65.7 Å². The number of phenolic OH excluding ortho intramolecular Hbond substituents is 1. The molecule has 1 saturated heterocycles. The maximum Gasteiger partial charge on any atom is 0.222 e. The Kier molecular flexibility index (Phi) is 6.54. The molecule has 2 aromatic rings. The minimum absolute atomic E-state index is 0.309. The van der Waals surface area contributed by atoms with Gasteiger partial charge >= 0.3 is 0 Å². The van der Waals surface area contributed by atoms with E-state index in [9.17, 15) is 9.90 Å². The van der Waals surface area contributed by atoms with Gasteiger partial charge in [-0.05, 0) is 60.8 Å². The Balaban J connectivity index is 1.78. The second-order valence-electron chi connectivity index (χ2n) is 7.82. The molecule has 3 rings (SSSR count). The number of likely N-dealkylation sites (tertiary alicyclic amines) is 1. The monoisotopic (exact) mass is 365 g/mol. The van der Waals surface area contributed by atoms with Crippen molar-refractivity contribution in [1.29, 1.82) is 0 Å². The van der Waals surface area contributed by atoms with E-state index in [1.165, 1.54) is 11.1 Å². The summed E-state index contributed by atoms with van der Waals surface area (Å²) < 4.78 is 0. The molecule has 1 amide bonds. The van der Waals surface area contributed by atoms with Gasteiger partial charge in [-0.3, -0.25) is 4.79 Å². The molecule has 0 radical (unpaired) electrons. The highest BCUT2D eigenvalue weighted by atomic mass is 16.3. The third kappa shape index (κ3) is 4.91. The third-order valence-corrected chi connectivity index (χ3v) is 5.95. The fourth-order valence-electron chi connectivity index (χ4n) is 4.36. The summed E-state index contributed by atoms with van der Waals surface area (Å²) in [7, 11) is 0. The topological polar surface area (TPSA) is 40.5 Å². The highest BCUT2D eigenvalue weighted by molar-refractivity contribution is 5.78. The van der Waals surface area contributed by atoms with Gasteiger partial charge in [0.1, 0.15) is 5.75 Å². The van der Waals surface area contributed by atoms with Crippen LogP contribution in [-0.4, -0.2) is 28.5 Å². The molecule has 0 aromatic heterocycles. The molecule has 0 aliphatic carbocycles. The van der Waals surface area contributed by atoms with Gasteiger partial charge in [-0.25, -0.2) is 0 Å². The molecule has 0 bridgehead atoms. The smallest absolute Gasteiger partial charge is 0.222 e. The van der Waals surface area contributed by atoms with Crippen LogP contribution in [0, 0.1) is 0 Å². The van der Waals surface area contributed by atoms with Crippen LogP contribution in [0.25, 0.3) is 0 Å². The minimum Gasteiger partial charge on any atom is -0.508 e. The Morgan fingerprint density at radius 1 is 1.00 bits per heavy atom. The number of nitrogens with zero attached hydrogens (tertiary/aromatic N) is 1. The summed E-state index contributed by atoms with van der Waals surface area (Å²) in [5.41, 5.74) is 2.60. The number of aromatic hydroxyl groups is 1. The molecule has 1 fully saturated rings. The SMILES string of the molecule is CCC(CC(CC(C)c1ccc(O)cc1)c1ccccc1)N1CCCC1=O. The molecule has 1 aliphatic heterocycles. The van der Waals surface area contributed by atoms with Crippen LogP contribution in [0.2, 0.25) is 0 Å². The summed E-state index contributed by atoms with van der Waals surface area (Å²) in [6.07, 6.45) is 4.75. The van der Waals surface area contributed by atoms with Gasteiger partial charge in [-0.15, -0.1) is 0 Å². The lowest BCUT2D eigenvalue weighted by Gasteiger charge is -2.32. The normalized spacial score (nSPS) is 17.7. The zero-order chi connectivity index (χ0) is 19.2. The van der Waals surface area contributed by atoms with Crippen LogP contribution < -0.4 is 0 Å². The average molecular weight is 366 g/mol. The van der Waals surface area contributed by atoms with Crippen LogP contribution in [0.4, 0.5) is 0 Å². The maximum absolute atomic E-state index is 12.3. The first-order valence-electron chi connectivity index (χ1n) is 10.2. The third-order valence-electron chi connectivity index (χ3n) is 5.95. The van der Waals surface area contributed by atoms with Crippen molar-refractivity contribution in [3.8, 4) is 5.75 Å². The van der Waals surface area contributed by atoms with E-state index in [1.54, 1.807) is 12.1 Å². The lowest BCUT2D eigenvalue weighted by atomic mass is 9.82. The molecule has 0 spiro atoms. The van der Waals surface area contributed by atoms with E-state index in [1.807, 2.05) is 12.1 Å². The van der Waals surface area contributed by atoms with E-state index in [0.717, 1.165) is 32.2 Å². The number of amides is 1. The Labute approximate surface area is 163 Å². The number of phenols is 1. The molecule has 27 heavy (non-hydrogen) atoms. The van der Waals surface area contributed by atoms with Crippen molar-refractivity contribution >= 4 is 5.91 Å². The number of carbonyl (C=O) groups excluding carboxylic acids is 1. The zero-order valence-corrected chi connectivity index (χ0v) is 16.5. The predicted molar refractivity (Wildman–Crippen MR) is 110 cm³/mol. The molecule has 2 aromatic carbocycles. The van der Waals surface area contributed by atoms with Gasteiger partial charge in [0.05, 0.1) is 0 Å². The second kappa shape index (κ2) is 9.07. The van der Waals surface area contributed by atoms with E-state index >= 15 is 0 Å². The van der Waals surface area contributed by atoms with Gasteiger partial charge in [-0.1, -0.05) is 56.3 Å². The number of benzene rings is 2. The minimum atomic E-state index is 0.309. The van der Waals surface area contributed by atoms with Gasteiger partial charge in [0.15, 0.2) is 0 Å². The summed E-state index contributed by atoms with van der Waals surface area (Å²) in [5.74, 6) is 1.43. The van der Waals surface area contributed by atoms with E-state index < -0.39 is 0 Å². The van der Waals surface area contributed by atoms with Crippen molar-refractivity contribution < 1.29 is 9.90 Å². The van der Waals surface area contributed by atoms with Gasteiger partial charge in [0.25, 0.3) is 0 Å². The van der Waals surface area contributed by atoms with Crippen LogP contribution in [-0.2, 0) is 4.79 Å². The molecule has 1 N–H and O–H groups in total. The van der Waals surface area contributed by atoms with Gasteiger partial charge < -0.3 is 10.0 Å². The summed E-state index contributed by atoms with van der Waals surface area (Å²) in [5, 5.41) is 9.56. The van der Waals surface area contributed by atoms with Crippen molar-refractivity contribution in [3.63, 3.8) is 0 Å². The van der Waals surface area contributed by atoms with Crippen LogP contribution in [0.5, 0.6) is 5.75 Å². The number of carbonyl (C=O) groups is 1. The largest absolute Gasteiger partial charge is 0.508 e. The molecule has 0 saturated carbocycles. The van der Waals surface area contributed by atoms with Gasteiger partial charge in [-0.2, -0.15) is 0 Å². The highest BCUT2D eigenvalue weighted by Crippen LogP contribution is 2.35. The highest BCUT2D eigenvalue weighted by Gasteiger charge is 2.29. The van der Waals surface area contributed by atoms with Gasteiger partial charge in [0, 0.05) is 19.0 Å². The van der Waals surface area contributed by atoms with Crippen molar-refractivity contribution in [2.24, 2.45) is 0 Å². The van der Waals surface area contributed by atoms with Crippen molar-refractivity contribution in [2.45, 2.75) is 63.8 Å². The Hall–Kier alpha value is -2.29. The van der Waals surface area contributed by atoms with Gasteiger partial charge in [0.2, 0.25) is 5.91 Å².